The fourth-order valence-corrected chi connectivity index (χ4v) is 2.66. The molecule has 30 heavy (non-hydrogen) atoms. The van der Waals surface area contributed by atoms with Crippen molar-refractivity contribution < 1.29 is 28.1 Å². The molecule has 0 saturated carbocycles. The minimum absolute atomic E-state index is 0.00822. The maximum absolute atomic E-state index is 13.1. The van der Waals surface area contributed by atoms with E-state index < -0.39 is 34.9 Å². The molecule has 0 radical (unpaired) electrons. The number of nitrogens with one attached hydrogen (secondary N) is 1. The molecule has 0 aliphatic rings. The number of furan rings is 1. The van der Waals surface area contributed by atoms with Gasteiger partial charge in [-0.05, 0) is 24.3 Å². The summed E-state index contributed by atoms with van der Waals surface area (Å²) in [6, 6.07) is 15.8. The van der Waals surface area contributed by atoms with E-state index in [2.05, 4.69) is 5.32 Å². The van der Waals surface area contributed by atoms with E-state index in [0.29, 0.717) is 17.6 Å². The van der Waals surface area contributed by atoms with Crippen LogP contribution in [0.3, 0.4) is 0 Å². The van der Waals surface area contributed by atoms with Crippen LogP contribution in [0.15, 0.2) is 65.1 Å². The summed E-state index contributed by atoms with van der Waals surface area (Å²) in [4.78, 5) is 33.9. The number of carbonyl (C=O) groups excluding carboxylic acids is 2. The third-order valence-corrected chi connectivity index (χ3v) is 4.09. The molecule has 8 nitrogen and oxygen atoms in total. The Balaban J connectivity index is 1.47. The van der Waals surface area contributed by atoms with E-state index in [9.17, 15) is 24.1 Å². The summed E-state index contributed by atoms with van der Waals surface area (Å²) in [6.07, 6.45) is 0.280. The summed E-state index contributed by atoms with van der Waals surface area (Å²) in [7, 11) is 0. The van der Waals surface area contributed by atoms with Gasteiger partial charge in [-0.2, -0.15) is 0 Å². The topological polar surface area (TPSA) is 112 Å². The van der Waals surface area contributed by atoms with Gasteiger partial charge in [-0.1, -0.05) is 30.3 Å². The van der Waals surface area contributed by atoms with Gasteiger partial charge in [0.2, 0.25) is 0 Å². The minimum atomic E-state index is -0.822. The van der Waals surface area contributed by atoms with Crippen LogP contribution in [0.4, 0.5) is 15.8 Å². The Hall–Kier alpha value is -4.01. The highest BCUT2D eigenvalue weighted by Crippen LogP contribution is 2.25. The molecular weight excluding hydrogens is 395 g/mol. The number of carbonyl (C=O) groups is 2. The molecule has 0 aliphatic carbocycles. The normalized spacial score (nSPS) is 10.4. The Labute approximate surface area is 170 Å². The van der Waals surface area contributed by atoms with Crippen LogP contribution >= 0.6 is 0 Å². The number of benzene rings is 2. The first kappa shape index (κ1) is 20.7. The number of nitro benzene ring substituents is 1. The number of hydrogen-bond acceptors (Lipinski definition) is 6. The van der Waals surface area contributed by atoms with Crippen molar-refractivity contribution in [3.63, 3.8) is 0 Å². The van der Waals surface area contributed by atoms with Gasteiger partial charge in [0.15, 0.2) is 6.61 Å². The lowest BCUT2D eigenvalue weighted by atomic mass is 10.2. The van der Waals surface area contributed by atoms with Crippen LogP contribution in [0, 0.1) is 15.9 Å². The first-order valence-electron chi connectivity index (χ1n) is 8.96. The van der Waals surface area contributed by atoms with Crippen LogP contribution in [0.1, 0.15) is 12.2 Å². The molecule has 1 heterocycles. The van der Waals surface area contributed by atoms with E-state index >= 15 is 0 Å². The molecule has 0 atom stereocenters. The monoisotopic (exact) mass is 412 g/mol. The number of esters is 1. The third-order valence-electron chi connectivity index (χ3n) is 4.09. The lowest BCUT2D eigenvalue weighted by Gasteiger charge is -2.07. The highest BCUT2D eigenvalue weighted by molar-refractivity contribution is 5.94. The molecule has 1 N–H and O–H groups in total. The largest absolute Gasteiger partial charge is 0.461 e. The molecule has 3 aromatic rings. The van der Waals surface area contributed by atoms with Crippen molar-refractivity contribution in [2.45, 2.75) is 12.8 Å². The molecule has 3 rings (SSSR count). The average molecular weight is 412 g/mol. The second-order valence-electron chi connectivity index (χ2n) is 6.26. The van der Waals surface area contributed by atoms with Crippen LogP contribution in [-0.2, 0) is 20.7 Å². The number of amides is 1. The SMILES string of the molecule is O=C(COC(=O)CCc1ccc(-c2ccccc2)o1)Nc1ccc(F)cc1[N+](=O)[O-]. The fourth-order valence-electron chi connectivity index (χ4n) is 2.66. The summed E-state index contributed by atoms with van der Waals surface area (Å²) in [6.45, 7) is -0.624. The van der Waals surface area contributed by atoms with Crippen molar-refractivity contribution in [1.82, 2.24) is 0 Å². The smallest absolute Gasteiger partial charge is 0.306 e. The number of nitrogens with zero attached hydrogens (tertiary/aromatic N) is 1. The zero-order valence-electron chi connectivity index (χ0n) is 15.7. The van der Waals surface area contributed by atoms with Gasteiger partial charge in [-0.25, -0.2) is 4.39 Å². The number of nitro groups is 1. The zero-order valence-corrected chi connectivity index (χ0v) is 15.7. The molecule has 2 aromatic carbocycles. The molecule has 154 valence electrons. The molecule has 0 aliphatic heterocycles. The lowest BCUT2D eigenvalue weighted by Crippen LogP contribution is -2.21. The minimum Gasteiger partial charge on any atom is -0.461 e. The van der Waals surface area contributed by atoms with Gasteiger partial charge >= 0.3 is 5.97 Å². The van der Waals surface area contributed by atoms with Crippen molar-refractivity contribution >= 4 is 23.3 Å². The zero-order chi connectivity index (χ0) is 21.5. The summed E-state index contributed by atoms with van der Waals surface area (Å²) >= 11 is 0. The van der Waals surface area contributed by atoms with Crippen molar-refractivity contribution in [3.8, 4) is 11.3 Å². The first-order chi connectivity index (χ1) is 14.4. The van der Waals surface area contributed by atoms with E-state index in [1.165, 1.54) is 0 Å². The molecule has 9 heteroatoms. The summed E-state index contributed by atoms with van der Waals surface area (Å²) in [5.41, 5.74) is 0.131. The van der Waals surface area contributed by atoms with Crippen molar-refractivity contribution in [2.75, 3.05) is 11.9 Å². The van der Waals surface area contributed by atoms with Crippen molar-refractivity contribution in [1.29, 1.82) is 0 Å². The van der Waals surface area contributed by atoms with Gasteiger partial charge in [0.25, 0.3) is 11.6 Å². The lowest BCUT2D eigenvalue weighted by molar-refractivity contribution is -0.384. The molecule has 0 fully saturated rings. The first-order valence-corrected chi connectivity index (χ1v) is 8.96. The third kappa shape index (κ3) is 5.51. The number of halogens is 1. The van der Waals surface area contributed by atoms with E-state index in [-0.39, 0.29) is 18.5 Å². The van der Waals surface area contributed by atoms with Gasteiger partial charge in [0.1, 0.15) is 23.0 Å². The van der Waals surface area contributed by atoms with Crippen LogP contribution < -0.4 is 5.32 Å². The Morgan fingerprint density at radius 3 is 2.60 bits per heavy atom. The van der Waals surface area contributed by atoms with Gasteiger partial charge in [-0.3, -0.25) is 19.7 Å². The van der Waals surface area contributed by atoms with Crippen molar-refractivity contribution in [2.24, 2.45) is 0 Å². The van der Waals surface area contributed by atoms with E-state index in [1.807, 2.05) is 30.3 Å². The average Bonchev–Trinajstić information content (AvgIpc) is 3.21. The summed E-state index contributed by atoms with van der Waals surface area (Å²) in [5.74, 6) is -0.935. The molecule has 0 unspecified atom stereocenters. The predicted octanol–water partition coefficient (Wildman–Crippen LogP) is 4.11. The van der Waals surface area contributed by atoms with Gasteiger partial charge in [-0.15, -0.1) is 0 Å². The fraction of sp³-hybridized carbons (Fsp3) is 0.143. The Morgan fingerprint density at radius 1 is 1.10 bits per heavy atom. The van der Waals surface area contributed by atoms with E-state index in [0.717, 1.165) is 17.7 Å². The highest BCUT2D eigenvalue weighted by Gasteiger charge is 2.18. The number of hydrogen-bond donors (Lipinski definition) is 1. The van der Waals surface area contributed by atoms with Gasteiger partial charge in [0.05, 0.1) is 17.4 Å². The Morgan fingerprint density at radius 2 is 1.87 bits per heavy atom. The summed E-state index contributed by atoms with van der Waals surface area (Å²) < 4.78 is 23.7. The molecule has 0 saturated heterocycles. The molecular formula is C21H17FN2O6. The second-order valence-corrected chi connectivity index (χ2v) is 6.26. The van der Waals surface area contributed by atoms with Crippen LogP contribution in [0.5, 0.6) is 0 Å². The second kappa shape index (κ2) is 9.46. The van der Waals surface area contributed by atoms with Crippen LogP contribution in [-0.4, -0.2) is 23.4 Å². The van der Waals surface area contributed by atoms with Gasteiger partial charge < -0.3 is 14.5 Å². The summed E-state index contributed by atoms with van der Waals surface area (Å²) in [5, 5.41) is 13.2. The standard InChI is InChI=1S/C21H17FN2O6/c22-15-6-9-17(18(12-15)24(27)28)23-20(25)13-29-21(26)11-8-16-7-10-19(30-16)14-4-2-1-3-5-14/h1-7,9-10,12H,8,11,13H2,(H,23,25). The number of rotatable bonds is 8. The number of anilines is 1. The molecule has 0 spiro atoms. The quantitative estimate of drug-likeness (QED) is 0.339. The maximum Gasteiger partial charge on any atom is 0.306 e. The van der Waals surface area contributed by atoms with Crippen LogP contribution in [0.25, 0.3) is 11.3 Å². The van der Waals surface area contributed by atoms with Gasteiger partial charge in [0, 0.05) is 12.0 Å². The van der Waals surface area contributed by atoms with Crippen molar-refractivity contribution in [3.05, 3.63) is 82.4 Å². The maximum atomic E-state index is 13.1. The number of aryl methyl sites for hydroxylation is 1. The van der Waals surface area contributed by atoms with E-state index in [1.54, 1.807) is 12.1 Å². The molecule has 0 bridgehead atoms. The highest BCUT2D eigenvalue weighted by atomic mass is 19.1. The number of ether oxygens (including phenoxy) is 1. The molecule has 1 aromatic heterocycles. The Kier molecular flexibility index (Phi) is 6.53. The van der Waals surface area contributed by atoms with E-state index in [4.69, 9.17) is 9.15 Å². The molecule has 1 amide bonds. The predicted molar refractivity (Wildman–Crippen MR) is 105 cm³/mol. The Bertz CT molecular complexity index is 1060. The van der Waals surface area contributed by atoms with Crippen LogP contribution in [0.2, 0.25) is 0 Å².